The summed E-state index contributed by atoms with van der Waals surface area (Å²) in [6.07, 6.45) is -2.55. The molecule has 1 amide bonds. The van der Waals surface area contributed by atoms with E-state index in [-0.39, 0.29) is 18.0 Å². The molecule has 1 aromatic carbocycles. The fourth-order valence-corrected chi connectivity index (χ4v) is 2.43. The highest BCUT2D eigenvalue weighted by Gasteiger charge is 2.27. The zero-order valence-electron chi connectivity index (χ0n) is 13.9. The van der Waals surface area contributed by atoms with Gasteiger partial charge in [0.15, 0.2) is 0 Å². The van der Waals surface area contributed by atoms with Crippen LogP contribution in [0.15, 0.2) is 30.6 Å². The van der Waals surface area contributed by atoms with E-state index in [2.05, 4.69) is 5.10 Å². The van der Waals surface area contributed by atoms with Gasteiger partial charge in [0.05, 0.1) is 18.2 Å². The number of aryl methyl sites for hydroxylation is 3. The highest BCUT2D eigenvalue weighted by molar-refractivity contribution is 6.06. The van der Waals surface area contributed by atoms with Crippen molar-refractivity contribution < 1.29 is 18.0 Å². The molecule has 0 atom stereocenters. The van der Waals surface area contributed by atoms with Crippen LogP contribution < -0.4 is 4.90 Å². The Kier molecular flexibility index (Phi) is 5.31. The summed E-state index contributed by atoms with van der Waals surface area (Å²) < 4.78 is 38.0. The molecule has 0 fully saturated rings. The fourth-order valence-electron chi connectivity index (χ4n) is 2.43. The van der Waals surface area contributed by atoms with Crippen molar-refractivity contribution in [2.45, 2.75) is 39.9 Å². The normalized spacial score (nSPS) is 11.6. The fraction of sp³-hybridized carbons (Fsp3) is 0.412. The van der Waals surface area contributed by atoms with E-state index in [4.69, 9.17) is 0 Å². The van der Waals surface area contributed by atoms with Crippen molar-refractivity contribution in [2.24, 2.45) is 0 Å². The Morgan fingerprint density at radius 2 is 2.00 bits per heavy atom. The summed E-state index contributed by atoms with van der Waals surface area (Å²) in [5.41, 5.74) is 3.06. The van der Waals surface area contributed by atoms with E-state index in [0.717, 1.165) is 21.5 Å². The molecule has 130 valence electrons. The standard InChI is InChI=1S/C17H20F3N3O/c1-4-23(15-9-12(2)5-6-13(15)3)16(24)14-10-21-22(11-14)8-7-17(18,19)20/h5-6,9-11H,4,7-8H2,1-3H3. The number of rotatable bonds is 5. The number of hydrogen-bond acceptors (Lipinski definition) is 2. The zero-order chi connectivity index (χ0) is 17.9. The Bertz CT molecular complexity index is 722. The maximum Gasteiger partial charge on any atom is 0.390 e. The average molecular weight is 339 g/mol. The third-order valence-electron chi connectivity index (χ3n) is 3.72. The quantitative estimate of drug-likeness (QED) is 0.822. The van der Waals surface area contributed by atoms with Crippen LogP contribution >= 0.6 is 0 Å². The Balaban J connectivity index is 2.20. The predicted molar refractivity (Wildman–Crippen MR) is 86.2 cm³/mol. The maximum absolute atomic E-state index is 12.7. The van der Waals surface area contributed by atoms with Crippen LogP contribution in [0.25, 0.3) is 0 Å². The van der Waals surface area contributed by atoms with Crippen LogP contribution in [0, 0.1) is 13.8 Å². The lowest BCUT2D eigenvalue weighted by Crippen LogP contribution is -2.31. The minimum Gasteiger partial charge on any atom is -0.308 e. The summed E-state index contributed by atoms with van der Waals surface area (Å²) >= 11 is 0. The molecule has 0 aliphatic rings. The van der Waals surface area contributed by atoms with Crippen LogP contribution in [0.2, 0.25) is 0 Å². The van der Waals surface area contributed by atoms with Crippen molar-refractivity contribution in [1.29, 1.82) is 0 Å². The topological polar surface area (TPSA) is 38.1 Å². The first-order valence-corrected chi connectivity index (χ1v) is 7.69. The minimum atomic E-state index is -4.25. The predicted octanol–water partition coefficient (Wildman–Crippen LogP) is 4.12. The van der Waals surface area contributed by atoms with Crippen molar-refractivity contribution in [2.75, 3.05) is 11.4 Å². The molecule has 1 aromatic heterocycles. The minimum absolute atomic E-state index is 0.274. The molecule has 0 aliphatic heterocycles. The largest absolute Gasteiger partial charge is 0.390 e. The molecule has 24 heavy (non-hydrogen) atoms. The third-order valence-corrected chi connectivity index (χ3v) is 3.72. The Labute approximate surface area is 138 Å². The van der Waals surface area contributed by atoms with Gasteiger partial charge in [-0.1, -0.05) is 12.1 Å². The lowest BCUT2D eigenvalue weighted by atomic mass is 10.1. The van der Waals surface area contributed by atoms with Crippen molar-refractivity contribution in [1.82, 2.24) is 9.78 Å². The van der Waals surface area contributed by atoms with Crippen molar-refractivity contribution in [3.8, 4) is 0 Å². The number of nitrogens with zero attached hydrogens (tertiary/aromatic N) is 3. The van der Waals surface area contributed by atoms with E-state index in [1.54, 1.807) is 4.90 Å². The van der Waals surface area contributed by atoms with Gasteiger partial charge in [0.1, 0.15) is 0 Å². The molecule has 2 aromatic rings. The van der Waals surface area contributed by atoms with Gasteiger partial charge in [-0.05, 0) is 38.0 Å². The molecule has 0 bridgehead atoms. The van der Waals surface area contributed by atoms with Crippen LogP contribution in [0.4, 0.5) is 18.9 Å². The lowest BCUT2D eigenvalue weighted by molar-refractivity contribution is -0.137. The molecule has 0 spiro atoms. The molecular weight excluding hydrogens is 319 g/mol. The molecule has 0 saturated carbocycles. The van der Waals surface area contributed by atoms with Crippen molar-refractivity contribution in [3.05, 3.63) is 47.3 Å². The molecule has 0 N–H and O–H groups in total. The number of alkyl halides is 3. The van der Waals surface area contributed by atoms with Gasteiger partial charge in [-0.3, -0.25) is 9.48 Å². The van der Waals surface area contributed by atoms with Gasteiger partial charge in [-0.2, -0.15) is 18.3 Å². The summed E-state index contributed by atoms with van der Waals surface area (Å²) in [6, 6.07) is 5.82. The van der Waals surface area contributed by atoms with Crippen LogP contribution in [0.3, 0.4) is 0 Å². The maximum atomic E-state index is 12.7. The number of anilines is 1. The van der Waals surface area contributed by atoms with E-state index in [0.29, 0.717) is 6.54 Å². The van der Waals surface area contributed by atoms with Crippen LogP contribution in [-0.4, -0.2) is 28.4 Å². The monoisotopic (exact) mass is 339 g/mol. The third kappa shape index (κ3) is 4.37. The first kappa shape index (κ1) is 18.0. The number of hydrogen-bond donors (Lipinski definition) is 0. The molecule has 0 radical (unpaired) electrons. The number of amides is 1. The first-order valence-electron chi connectivity index (χ1n) is 7.69. The Hall–Kier alpha value is -2.31. The van der Waals surface area contributed by atoms with Crippen LogP contribution in [-0.2, 0) is 6.54 Å². The summed E-state index contributed by atoms with van der Waals surface area (Å²) in [4.78, 5) is 14.3. The number of halogens is 3. The van der Waals surface area contributed by atoms with Crippen molar-refractivity contribution in [3.63, 3.8) is 0 Å². The van der Waals surface area contributed by atoms with Gasteiger partial charge in [0, 0.05) is 25.0 Å². The van der Waals surface area contributed by atoms with Gasteiger partial charge in [-0.25, -0.2) is 0 Å². The highest BCUT2D eigenvalue weighted by Crippen LogP contribution is 2.24. The molecular formula is C17H20F3N3O. The van der Waals surface area contributed by atoms with Gasteiger partial charge < -0.3 is 4.90 Å². The second kappa shape index (κ2) is 7.07. The molecule has 7 heteroatoms. The SMILES string of the molecule is CCN(C(=O)c1cnn(CCC(F)(F)F)c1)c1cc(C)ccc1C. The zero-order valence-corrected chi connectivity index (χ0v) is 13.9. The average Bonchev–Trinajstić information content (AvgIpc) is 2.97. The van der Waals surface area contributed by atoms with Gasteiger partial charge in [0.2, 0.25) is 0 Å². The Morgan fingerprint density at radius 3 is 2.62 bits per heavy atom. The molecule has 0 unspecified atom stereocenters. The lowest BCUT2D eigenvalue weighted by Gasteiger charge is -2.23. The van der Waals surface area contributed by atoms with Crippen LogP contribution in [0.5, 0.6) is 0 Å². The van der Waals surface area contributed by atoms with Crippen LogP contribution in [0.1, 0.15) is 34.8 Å². The van der Waals surface area contributed by atoms with Crippen molar-refractivity contribution >= 4 is 11.6 Å². The summed E-state index contributed by atoms with van der Waals surface area (Å²) in [5, 5.41) is 3.86. The van der Waals surface area contributed by atoms with E-state index in [1.807, 2.05) is 39.0 Å². The smallest absolute Gasteiger partial charge is 0.308 e. The first-order chi connectivity index (χ1) is 11.2. The summed E-state index contributed by atoms with van der Waals surface area (Å²) in [6.45, 7) is 5.87. The summed E-state index contributed by atoms with van der Waals surface area (Å²) in [7, 11) is 0. The van der Waals surface area contributed by atoms with E-state index < -0.39 is 12.6 Å². The molecule has 4 nitrogen and oxygen atoms in total. The number of carbonyl (C=O) groups excluding carboxylic acids is 1. The van der Waals surface area contributed by atoms with E-state index in [9.17, 15) is 18.0 Å². The number of carbonyl (C=O) groups is 1. The Morgan fingerprint density at radius 1 is 1.29 bits per heavy atom. The molecule has 0 aliphatic carbocycles. The number of benzene rings is 1. The van der Waals surface area contributed by atoms with Gasteiger partial charge >= 0.3 is 6.18 Å². The van der Waals surface area contributed by atoms with Gasteiger partial charge in [-0.15, -0.1) is 0 Å². The highest BCUT2D eigenvalue weighted by atomic mass is 19.4. The molecule has 0 saturated heterocycles. The number of aromatic nitrogens is 2. The van der Waals surface area contributed by atoms with E-state index in [1.165, 1.54) is 12.4 Å². The van der Waals surface area contributed by atoms with E-state index >= 15 is 0 Å². The molecule has 2 rings (SSSR count). The summed E-state index contributed by atoms with van der Waals surface area (Å²) in [5.74, 6) is -0.274. The van der Waals surface area contributed by atoms with Gasteiger partial charge in [0.25, 0.3) is 5.91 Å². The second-order valence-corrected chi connectivity index (χ2v) is 5.70. The second-order valence-electron chi connectivity index (χ2n) is 5.70. The molecule has 1 heterocycles.